The van der Waals surface area contributed by atoms with Gasteiger partial charge in [-0.3, -0.25) is 0 Å². The van der Waals surface area contributed by atoms with E-state index in [2.05, 4.69) is 173 Å². The minimum Gasteiger partial charge on any atom is -0.358 e. The van der Waals surface area contributed by atoms with Crippen LogP contribution in [-0.4, -0.2) is 28.9 Å². The molecule has 7 unspecified atom stereocenters. The van der Waals surface area contributed by atoms with Crippen LogP contribution >= 0.6 is 0 Å². The van der Waals surface area contributed by atoms with E-state index in [1.165, 1.54) is 44.9 Å². The van der Waals surface area contributed by atoms with Crippen molar-refractivity contribution in [2.75, 3.05) is 10.2 Å². The van der Waals surface area contributed by atoms with E-state index in [4.69, 9.17) is 4.99 Å². The van der Waals surface area contributed by atoms with E-state index in [-0.39, 0.29) is 30.1 Å². The molecule has 7 atom stereocenters. The SMILES string of the molecule is C1=CC2C=CC3=C(C2C=C1)N(c1ccccc1)C1C=C2C(=CC31)C1C=CC=CC1N2C1Nc2ccccc2N=C1C1=Cc2ccccc2CC1. The van der Waals surface area contributed by atoms with Crippen LogP contribution in [0.2, 0.25) is 0 Å². The van der Waals surface area contributed by atoms with Crippen molar-refractivity contribution in [2.24, 2.45) is 28.7 Å². The third-order valence-corrected chi connectivity index (χ3v) is 12.0. The maximum Gasteiger partial charge on any atom is 0.144 e. The number of hydrogen-bond donors (Lipinski definition) is 1. The molecule has 0 saturated carbocycles. The van der Waals surface area contributed by atoms with Gasteiger partial charge < -0.3 is 15.1 Å². The molecule has 4 heteroatoms. The highest BCUT2D eigenvalue weighted by molar-refractivity contribution is 6.12. The van der Waals surface area contributed by atoms with E-state index >= 15 is 0 Å². The van der Waals surface area contributed by atoms with Gasteiger partial charge in [-0.2, -0.15) is 0 Å². The first kappa shape index (κ1) is 28.3. The first-order chi connectivity index (χ1) is 24.8. The number of para-hydroxylation sites is 3. The summed E-state index contributed by atoms with van der Waals surface area (Å²) in [7, 11) is 0. The number of fused-ring (bicyclic) bond motifs is 9. The van der Waals surface area contributed by atoms with Crippen molar-refractivity contribution in [1.29, 1.82) is 0 Å². The average Bonchev–Trinajstić information content (AvgIpc) is 3.69. The molecule has 242 valence electrons. The van der Waals surface area contributed by atoms with E-state index in [0.29, 0.717) is 11.8 Å². The van der Waals surface area contributed by atoms with Crippen molar-refractivity contribution >= 4 is 28.8 Å². The van der Waals surface area contributed by atoms with Gasteiger partial charge in [0.05, 0.1) is 29.2 Å². The van der Waals surface area contributed by atoms with Crippen LogP contribution in [0, 0.1) is 23.7 Å². The van der Waals surface area contributed by atoms with Crippen LogP contribution in [0.1, 0.15) is 17.5 Å². The highest BCUT2D eigenvalue weighted by Gasteiger charge is 2.51. The number of aliphatic imine (C=N–C) groups is 1. The molecule has 0 bridgehead atoms. The topological polar surface area (TPSA) is 30.9 Å². The second kappa shape index (κ2) is 10.9. The first-order valence-electron chi connectivity index (χ1n) is 18.2. The molecule has 1 N–H and O–H groups in total. The molecular formula is C46H38N4. The molecule has 11 rings (SSSR count). The fraction of sp³-hybridized carbons (Fsp3) is 0.196. The summed E-state index contributed by atoms with van der Waals surface area (Å²) in [6.45, 7) is 0. The van der Waals surface area contributed by atoms with E-state index < -0.39 is 0 Å². The van der Waals surface area contributed by atoms with Crippen molar-refractivity contribution < 1.29 is 0 Å². The summed E-state index contributed by atoms with van der Waals surface area (Å²) >= 11 is 0. The zero-order valence-corrected chi connectivity index (χ0v) is 27.8. The summed E-state index contributed by atoms with van der Waals surface area (Å²) in [6, 6.07) is 28.8. The molecule has 3 heterocycles. The van der Waals surface area contributed by atoms with Gasteiger partial charge in [0.25, 0.3) is 0 Å². The van der Waals surface area contributed by atoms with Crippen molar-refractivity contribution in [1.82, 2.24) is 4.90 Å². The Morgan fingerprint density at radius 1 is 0.680 bits per heavy atom. The molecule has 1 saturated heterocycles. The summed E-state index contributed by atoms with van der Waals surface area (Å²) in [5.41, 5.74) is 14.3. The van der Waals surface area contributed by atoms with E-state index in [1.54, 1.807) is 0 Å². The number of allylic oxidation sites excluding steroid dienone is 9. The van der Waals surface area contributed by atoms with Crippen LogP contribution < -0.4 is 10.2 Å². The zero-order chi connectivity index (χ0) is 32.8. The molecule has 0 aromatic heterocycles. The second-order valence-electron chi connectivity index (χ2n) is 14.6. The lowest BCUT2D eigenvalue weighted by molar-refractivity contribution is 0.296. The molecule has 0 amide bonds. The van der Waals surface area contributed by atoms with Gasteiger partial charge in [0.15, 0.2) is 0 Å². The summed E-state index contributed by atoms with van der Waals surface area (Å²) in [4.78, 5) is 10.8. The molecule has 8 aliphatic rings. The van der Waals surface area contributed by atoms with Gasteiger partial charge in [0, 0.05) is 40.8 Å². The van der Waals surface area contributed by atoms with E-state index in [1.807, 2.05) is 0 Å². The lowest BCUT2D eigenvalue weighted by atomic mass is 9.77. The van der Waals surface area contributed by atoms with Crippen molar-refractivity contribution in [3.8, 4) is 0 Å². The second-order valence-corrected chi connectivity index (χ2v) is 14.6. The Kier molecular flexibility index (Phi) is 6.19. The summed E-state index contributed by atoms with van der Waals surface area (Å²) in [5, 5.41) is 4.04. The number of anilines is 2. The van der Waals surface area contributed by atoms with Crippen molar-refractivity contribution in [3.05, 3.63) is 191 Å². The lowest BCUT2D eigenvalue weighted by Crippen LogP contribution is -2.51. The number of rotatable bonds is 3. The summed E-state index contributed by atoms with van der Waals surface area (Å²) in [6.07, 6.45) is 33.0. The Bertz CT molecular complexity index is 2250. The smallest absolute Gasteiger partial charge is 0.144 e. The molecule has 1 fully saturated rings. The number of nitrogens with one attached hydrogen (secondary N) is 1. The molecular weight excluding hydrogens is 609 g/mol. The lowest BCUT2D eigenvalue weighted by Gasteiger charge is -2.41. The van der Waals surface area contributed by atoms with Crippen molar-refractivity contribution in [2.45, 2.75) is 31.1 Å². The number of likely N-dealkylation sites (tertiary alicyclic amines) is 1. The Labute approximate surface area is 293 Å². The zero-order valence-electron chi connectivity index (χ0n) is 27.8. The number of hydrogen-bond acceptors (Lipinski definition) is 4. The molecule has 4 nitrogen and oxygen atoms in total. The monoisotopic (exact) mass is 646 g/mol. The van der Waals surface area contributed by atoms with Gasteiger partial charge in [0.1, 0.15) is 6.17 Å². The van der Waals surface area contributed by atoms with Crippen LogP contribution in [0.3, 0.4) is 0 Å². The summed E-state index contributed by atoms with van der Waals surface area (Å²) < 4.78 is 0. The largest absolute Gasteiger partial charge is 0.358 e. The van der Waals surface area contributed by atoms with E-state index in [0.717, 1.165) is 29.9 Å². The van der Waals surface area contributed by atoms with E-state index in [9.17, 15) is 0 Å². The Balaban J connectivity index is 1.07. The Morgan fingerprint density at radius 3 is 2.42 bits per heavy atom. The minimum atomic E-state index is -0.108. The van der Waals surface area contributed by atoms with Crippen LogP contribution in [0.4, 0.5) is 17.1 Å². The van der Waals surface area contributed by atoms with Crippen LogP contribution in [0.15, 0.2) is 185 Å². The van der Waals surface area contributed by atoms with Crippen LogP contribution in [-0.2, 0) is 6.42 Å². The van der Waals surface area contributed by atoms with Gasteiger partial charge in [-0.25, -0.2) is 4.99 Å². The van der Waals surface area contributed by atoms with Crippen LogP contribution in [0.5, 0.6) is 0 Å². The predicted octanol–water partition coefficient (Wildman–Crippen LogP) is 9.48. The predicted molar refractivity (Wildman–Crippen MR) is 205 cm³/mol. The fourth-order valence-electron chi connectivity index (χ4n) is 9.78. The maximum absolute atomic E-state index is 5.49. The number of benzene rings is 3. The van der Waals surface area contributed by atoms with Crippen LogP contribution in [0.25, 0.3) is 6.08 Å². The fourth-order valence-corrected chi connectivity index (χ4v) is 9.78. The highest BCUT2D eigenvalue weighted by Crippen LogP contribution is 2.54. The molecule has 0 radical (unpaired) electrons. The molecule has 0 spiro atoms. The summed E-state index contributed by atoms with van der Waals surface area (Å²) in [5.74, 6) is 1.28. The maximum atomic E-state index is 5.49. The Hall–Kier alpha value is -5.61. The first-order valence-corrected chi connectivity index (χ1v) is 18.2. The van der Waals surface area contributed by atoms with Gasteiger partial charge in [0.2, 0.25) is 0 Å². The third kappa shape index (κ3) is 4.14. The molecule has 5 aliphatic carbocycles. The minimum absolute atomic E-state index is 0.108. The van der Waals surface area contributed by atoms with Gasteiger partial charge in [-0.15, -0.1) is 0 Å². The molecule has 3 aromatic carbocycles. The van der Waals surface area contributed by atoms with Gasteiger partial charge in [-0.05, 0) is 77.1 Å². The Morgan fingerprint density at radius 2 is 1.48 bits per heavy atom. The average molecular weight is 647 g/mol. The van der Waals surface area contributed by atoms with Gasteiger partial charge >= 0.3 is 0 Å². The molecule has 50 heavy (non-hydrogen) atoms. The standard InChI is InChI=1S/C46H38N4/c1-2-15-33(16-3-1)49-42-28-43-37(27-38(42)36-25-24-30-13-6-7-17-34(30)45(36)49)35-18-8-11-21-41(35)50(43)46-44(47-39-19-9-10-20-40(39)48-46)32-23-22-29-12-4-5-14-31(29)26-32/h1-21,24-28,30,34-35,38,41-42,46,48H,22-23H2. The number of nitrogens with zero attached hydrogens (tertiary/aromatic N) is 3. The van der Waals surface area contributed by atoms with Crippen molar-refractivity contribution in [3.63, 3.8) is 0 Å². The number of aryl methyl sites for hydroxylation is 1. The molecule has 3 aromatic rings. The quantitative estimate of drug-likeness (QED) is 0.308. The highest BCUT2D eigenvalue weighted by atomic mass is 15.3. The van der Waals surface area contributed by atoms with Gasteiger partial charge in [-0.1, -0.05) is 121 Å². The third-order valence-electron chi connectivity index (χ3n) is 12.0. The normalized spacial score (nSPS) is 30.5. The molecule has 3 aliphatic heterocycles.